The number of carbonyl (C=O) groups is 4. The monoisotopic (exact) mass is 439 g/mol. The summed E-state index contributed by atoms with van der Waals surface area (Å²) in [6.07, 6.45) is 1.91. The zero-order valence-corrected chi connectivity index (χ0v) is 17.7. The molecule has 2 aromatic rings. The minimum absolute atomic E-state index is 0.0181. The predicted molar refractivity (Wildman–Crippen MR) is 118 cm³/mol. The van der Waals surface area contributed by atoms with Crippen molar-refractivity contribution in [1.29, 1.82) is 0 Å². The molecule has 0 unspecified atom stereocenters. The van der Waals surface area contributed by atoms with Gasteiger partial charge in [-0.05, 0) is 54.8 Å². The first-order valence-corrected chi connectivity index (χ1v) is 10.2. The molecule has 0 aromatic heterocycles. The number of aryl methyl sites for hydroxylation is 1. The maximum absolute atomic E-state index is 12.2. The quantitative estimate of drug-likeness (QED) is 0.407. The fraction of sp³-hybridized carbons (Fsp3) is 0.304. The van der Waals surface area contributed by atoms with Crippen LogP contribution in [0.1, 0.15) is 35.2 Å². The number of esters is 1. The molecule has 0 spiro atoms. The van der Waals surface area contributed by atoms with Crippen LogP contribution in [0, 0.1) is 0 Å². The van der Waals surface area contributed by atoms with E-state index in [2.05, 4.69) is 20.7 Å². The van der Waals surface area contributed by atoms with Crippen molar-refractivity contribution in [3.8, 4) is 5.75 Å². The van der Waals surface area contributed by atoms with Crippen molar-refractivity contribution < 1.29 is 28.7 Å². The molecule has 0 saturated heterocycles. The summed E-state index contributed by atoms with van der Waals surface area (Å²) in [7, 11) is 1.24. The number of hydrogen-bond acceptors (Lipinski definition) is 6. The second kappa shape index (κ2) is 10.9. The Morgan fingerprint density at radius 3 is 2.75 bits per heavy atom. The molecule has 1 aliphatic rings. The summed E-state index contributed by atoms with van der Waals surface area (Å²) in [5, 5.41) is 8.02. The van der Waals surface area contributed by atoms with Gasteiger partial charge in [-0.2, -0.15) is 0 Å². The Morgan fingerprint density at radius 2 is 1.94 bits per heavy atom. The smallest absolute Gasteiger partial charge is 0.325 e. The van der Waals surface area contributed by atoms with Crippen molar-refractivity contribution in [2.24, 2.45) is 0 Å². The first-order chi connectivity index (χ1) is 15.4. The third-order valence-electron chi connectivity index (χ3n) is 4.82. The van der Waals surface area contributed by atoms with E-state index in [0.29, 0.717) is 42.9 Å². The number of carbonyl (C=O) groups excluding carboxylic acids is 4. The zero-order valence-electron chi connectivity index (χ0n) is 17.7. The van der Waals surface area contributed by atoms with Gasteiger partial charge in [0.1, 0.15) is 12.3 Å². The van der Waals surface area contributed by atoms with Gasteiger partial charge in [0.15, 0.2) is 0 Å². The summed E-state index contributed by atoms with van der Waals surface area (Å²) < 4.78 is 10.2. The average molecular weight is 439 g/mol. The highest BCUT2D eigenvalue weighted by Crippen LogP contribution is 2.26. The Bertz CT molecular complexity index is 1020. The van der Waals surface area contributed by atoms with Gasteiger partial charge in [-0.3, -0.25) is 19.2 Å². The maximum Gasteiger partial charge on any atom is 0.325 e. The minimum Gasteiger partial charge on any atom is -0.494 e. The molecule has 3 rings (SSSR count). The summed E-state index contributed by atoms with van der Waals surface area (Å²) in [4.78, 5) is 46.8. The molecule has 2 aromatic carbocycles. The summed E-state index contributed by atoms with van der Waals surface area (Å²) in [6.45, 7) is 0.138. The predicted octanol–water partition coefficient (Wildman–Crippen LogP) is 2.27. The highest BCUT2D eigenvalue weighted by molar-refractivity contribution is 5.98. The van der Waals surface area contributed by atoms with Crippen LogP contribution in [0.4, 0.5) is 11.4 Å². The zero-order chi connectivity index (χ0) is 22.9. The number of methoxy groups -OCH3 is 1. The van der Waals surface area contributed by atoms with E-state index in [0.717, 1.165) is 11.3 Å². The molecule has 0 saturated carbocycles. The minimum atomic E-state index is -0.549. The third-order valence-corrected chi connectivity index (χ3v) is 4.82. The first-order valence-electron chi connectivity index (χ1n) is 10.2. The van der Waals surface area contributed by atoms with Crippen LogP contribution in [0.2, 0.25) is 0 Å². The van der Waals surface area contributed by atoms with Crippen LogP contribution in [0.5, 0.6) is 5.75 Å². The van der Waals surface area contributed by atoms with Crippen molar-refractivity contribution >= 4 is 35.1 Å². The lowest BCUT2D eigenvalue weighted by atomic mass is 10.0. The largest absolute Gasteiger partial charge is 0.494 e. The van der Waals surface area contributed by atoms with E-state index in [4.69, 9.17) is 4.74 Å². The molecule has 1 aliphatic heterocycles. The molecule has 9 heteroatoms. The lowest BCUT2D eigenvalue weighted by Gasteiger charge is -2.17. The summed E-state index contributed by atoms with van der Waals surface area (Å²) >= 11 is 0. The highest BCUT2D eigenvalue weighted by atomic mass is 16.5. The van der Waals surface area contributed by atoms with Crippen LogP contribution in [-0.4, -0.2) is 44.0 Å². The molecule has 32 heavy (non-hydrogen) atoms. The van der Waals surface area contributed by atoms with Crippen LogP contribution in [0.15, 0.2) is 42.5 Å². The van der Waals surface area contributed by atoms with Crippen LogP contribution < -0.4 is 20.7 Å². The fourth-order valence-corrected chi connectivity index (χ4v) is 3.16. The highest BCUT2D eigenvalue weighted by Gasteiger charge is 2.15. The van der Waals surface area contributed by atoms with Crippen molar-refractivity contribution in [3.63, 3.8) is 0 Å². The Morgan fingerprint density at radius 1 is 1.09 bits per heavy atom. The maximum atomic E-state index is 12.2. The molecule has 3 amide bonds. The van der Waals surface area contributed by atoms with Gasteiger partial charge >= 0.3 is 5.97 Å². The van der Waals surface area contributed by atoms with Gasteiger partial charge in [0.25, 0.3) is 5.91 Å². The molecule has 3 N–H and O–H groups in total. The number of nitrogens with one attached hydrogen (secondary N) is 3. The van der Waals surface area contributed by atoms with Crippen LogP contribution >= 0.6 is 0 Å². The van der Waals surface area contributed by atoms with Crippen molar-refractivity contribution in [1.82, 2.24) is 5.32 Å². The summed E-state index contributed by atoms with van der Waals surface area (Å²) in [5.74, 6) is -0.471. The average Bonchev–Trinajstić information content (AvgIpc) is 2.80. The fourth-order valence-electron chi connectivity index (χ4n) is 3.16. The number of anilines is 2. The van der Waals surface area contributed by atoms with Crippen molar-refractivity contribution in [2.45, 2.75) is 25.7 Å². The van der Waals surface area contributed by atoms with Crippen molar-refractivity contribution in [3.05, 3.63) is 53.6 Å². The van der Waals surface area contributed by atoms with Crippen molar-refractivity contribution in [2.75, 3.05) is 30.9 Å². The molecule has 0 fully saturated rings. The standard InChI is InChI=1S/C23H25N3O6/c1-31-22(29)14-24-23(30)16-4-2-5-17(12-16)25-20(27)6-3-11-32-18-8-9-19-15(13-18)7-10-21(28)26-19/h2,4-5,8-9,12-13H,3,6-7,10-11,14H2,1H3,(H,24,30)(H,25,27)(H,26,28). The van der Waals surface area contributed by atoms with Gasteiger partial charge in [-0.25, -0.2) is 0 Å². The van der Waals surface area contributed by atoms with Gasteiger partial charge < -0.3 is 25.4 Å². The summed E-state index contributed by atoms with van der Waals surface area (Å²) in [5.41, 5.74) is 2.65. The van der Waals surface area contributed by atoms with E-state index in [1.54, 1.807) is 24.3 Å². The molecular weight excluding hydrogens is 414 g/mol. The number of fused-ring (bicyclic) bond motifs is 1. The number of hydrogen-bond donors (Lipinski definition) is 3. The Kier molecular flexibility index (Phi) is 7.80. The molecule has 0 aliphatic carbocycles. The Hall–Kier alpha value is -3.88. The number of ether oxygens (including phenoxy) is 2. The molecule has 0 bridgehead atoms. The van der Waals surface area contributed by atoms with Gasteiger partial charge in [0, 0.05) is 29.8 Å². The number of benzene rings is 2. The van der Waals surface area contributed by atoms with Crippen LogP contribution in [0.3, 0.4) is 0 Å². The van der Waals surface area contributed by atoms with E-state index >= 15 is 0 Å². The molecule has 9 nitrogen and oxygen atoms in total. The second-order valence-corrected chi connectivity index (χ2v) is 7.21. The number of amides is 3. The Labute approximate surface area is 185 Å². The third kappa shape index (κ3) is 6.56. The second-order valence-electron chi connectivity index (χ2n) is 7.21. The first kappa shape index (κ1) is 22.8. The van der Waals surface area contributed by atoms with Crippen LogP contribution in [0.25, 0.3) is 0 Å². The number of rotatable bonds is 9. The molecule has 168 valence electrons. The van der Waals surface area contributed by atoms with Gasteiger partial charge in [0.2, 0.25) is 11.8 Å². The van der Waals surface area contributed by atoms with E-state index < -0.39 is 11.9 Å². The van der Waals surface area contributed by atoms with E-state index in [9.17, 15) is 19.2 Å². The Balaban J connectivity index is 1.42. The van der Waals surface area contributed by atoms with E-state index in [-0.39, 0.29) is 24.8 Å². The van der Waals surface area contributed by atoms with Gasteiger partial charge in [-0.15, -0.1) is 0 Å². The van der Waals surface area contributed by atoms with Crippen LogP contribution in [-0.2, 0) is 25.5 Å². The lowest BCUT2D eigenvalue weighted by Crippen LogP contribution is -2.30. The molecule has 1 heterocycles. The topological polar surface area (TPSA) is 123 Å². The summed E-state index contributed by atoms with van der Waals surface area (Å²) in [6, 6.07) is 12.0. The molecule has 0 atom stereocenters. The normalized spacial score (nSPS) is 12.2. The van der Waals surface area contributed by atoms with Gasteiger partial charge in [-0.1, -0.05) is 6.07 Å². The molecule has 0 radical (unpaired) electrons. The van der Waals surface area contributed by atoms with E-state index in [1.165, 1.54) is 13.2 Å². The molecular formula is C23H25N3O6. The van der Waals surface area contributed by atoms with E-state index in [1.807, 2.05) is 12.1 Å². The van der Waals surface area contributed by atoms with Gasteiger partial charge in [0.05, 0.1) is 13.7 Å². The SMILES string of the molecule is COC(=O)CNC(=O)c1cccc(NC(=O)CCCOc2ccc3c(c2)CCC(=O)N3)c1. The lowest BCUT2D eigenvalue weighted by molar-refractivity contribution is -0.139.